The van der Waals surface area contributed by atoms with Crippen LogP contribution in [-0.4, -0.2) is 22.1 Å². The molecule has 18 heavy (non-hydrogen) atoms. The van der Waals surface area contributed by atoms with E-state index in [1.807, 2.05) is 6.07 Å². The molecule has 0 saturated heterocycles. The number of hydrogen-bond donors (Lipinski definition) is 2. The lowest BCUT2D eigenvalue weighted by molar-refractivity contribution is 0.0690. The molecule has 3 atom stereocenters. The molecule has 2 N–H and O–H groups in total. The molecule has 3 unspecified atom stereocenters. The number of nitrogens with one attached hydrogen (secondary N) is 1. The minimum Gasteiger partial charge on any atom is -0.477 e. The van der Waals surface area contributed by atoms with Gasteiger partial charge in [0, 0.05) is 17.9 Å². The summed E-state index contributed by atoms with van der Waals surface area (Å²) in [5.74, 6) is 0.348. The number of aromatic carboxylic acids is 1. The summed E-state index contributed by atoms with van der Waals surface area (Å²) >= 11 is 0. The highest BCUT2D eigenvalue weighted by Crippen LogP contribution is 2.31. The fourth-order valence-corrected chi connectivity index (χ4v) is 2.64. The molecule has 1 fully saturated rings. The van der Waals surface area contributed by atoms with Crippen LogP contribution in [0.2, 0.25) is 0 Å². The first-order valence-electron chi connectivity index (χ1n) is 6.54. The molecule has 4 nitrogen and oxygen atoms in total. The fraction of sp³-hybridized carbons (Fsp3) is 0.571. The van der Waals surface area contributed by atoms with Crippen molar-refractivity contribution in [1.82, 2.24) is 4.98 Å². The Bertz CT molecular complexity index is 434. The summed E-state index contributed by atoms with van der Waals surface area (Å²) in [6.07, 6.45) is 5.22. The van der Waals surface area contributed by atoms with Crippen molar-refractivity contribution in [2.75, 3.05) is 5.32 Å². The van der Waals surface area contributed by atoms with Crippen LogP contribution < -0.4 is 5.32 Å². The van der Waals surface area contributed by atoms with Crippen LogP contribution in [0.1, 0.15) is 43.6 Å². The summed E-state index contributed by atoms with van der Waals surface area (Å²) in [4.78, 5) is 14.7. The number of pyridine rings is 1. The summed E-state index contributed by atoms with van der Waals surface area (Å²) < 4.78 is 0. The molecule has 0 radical (unpaired) electrons. The van der Waals surface area contributed by atoms with Crippen LogP contribution in [0.15, 0.2) is 18.3 Å². The lowest BCUT2D eigenvalue weighted by atomic mass is 9.78. The van der Waals surface area contributed by atoms with Gasteiger partial charge in [-0.1, -0.05) is 26.7 Å². The van der Waals surface area contributed by atoms with Crippen LogP contribution in [0.4, 0.5) is 5.69 Å². The van der Waals surface area contributed by atoms with Crippen molar-refractivity contribution in [3.8, 4) is 0 Å². The molecule has 0 amide bonds. The summed E-state index contributed by atoms with van der Waals surface area (Å²) in [6.45, 7) is 4.55. The van der Waals surface area contributed by atoms with Gasteiger partial charge in [-0.15, -0.1) is 0 Å². The third-order valence-electron chi connectivity index (χ3n) is 4.04. The van der Waals surface area contributed by atoms with Gasteiger partial charge in [0.25, 0.3) is 0 Å². The Morgan fingerprint density at radius 3 is 2.94 bits per heavy atom. The zero-order chi connectivity index (χ0) is 13.1. The smallest absolute Gasteiger partial charge is 0.354 e. The van der Waals surface area contributed by atoms with Crippen molar-refractivity contribution in [3.63, 3.8) is 0 Å². The van der Waals surface area contributed by atoms with Gasteiger partial charge in [-0.2, -0.15) is 0 Å². The van der Waals surface area contributed by atoms with Gasteiger partial charge in [0.2, 0.25) is 0 Å². The van der Waals surface area contributed by atoms with Crippen LogP contribution in [-0.2, 0) is 0 Å². The first-order valence-corrected chi connectivity index (χ1v) is 6.54. The molecule has 1 aliphatic carbocycles. The van der Waals surface area contributed by atoms with Gasteiger partial charge in [0.1, 0.15) is 5.69 Å². The molecule has 1 aliphatic rings. The van der Waals surface area contributed by atoms with Crippen molar-refractivity contribution in [2.45, 2.75) is 39.2 Å². The van der Waals surface area contributed by atoms with E-state index in [1.54, 1.807) is 12.3 Å². The predicted molar refractivity (Wildman–Crippen MR) is 70.8 cm³/mol. The van der Waals surface area contributed by atoms with E-state index in [9.17, 15) is 4.79 Å². The maximum atomic E-state index is 10.9. The van der Waals surface area contributed by atoms with Crippen LogP contribution in [0.25, 0.3) is 0 Å². The molecule has 1 aromatic rings. The molecule has 98 valence electrons. The molecule has 0 spiro atoms. The number of carbonyl (C=O) groups is 1. The second-order valence-electron chi connectivity index (χ2n) is 5.25. The Morgan fingerprint density at radius 1 is 1.44 bits per heavy atom. The molecule has 1 aromatic heterocycles. The number of anilines is 1. The second kappa shape index (κ2) is 5.38. The number of aromatic nitrogens is 1. The van der Waals surface area contributed by atoms with Gasteiger partial charge >= 0.3 is 5.97 Å². The van der Waals surface area contributed by atoms with Crippen molar-refractivity contribution < 1.29 is 9.90 Å². The highest BCUT2D eigenvalue weighted by atomic mass is 16.4. The van der Waals surface area contributed by atoms with E-state index in [4.69, 9.17) is 5.11 Å². The number of carboxylic acids is 1. The van der Waals surface area contributed by atoms with Crippen molar-refractivity contribution in [3.05, 3.63) is 24.0 Å². The zero-order valence-corrected chi connectivity index (χ0v) is 10.9. The molecule has 0 bridgehead atoms. The standard InChI is InChI=1S/C14H20N2O2/c1-9-4-3-5-12(10(9)2)16-11-6-7-15-13(8-11)14(17)18/h6-10,12H,3-5H2,1-2H3,(H,15,16)(H,17,18). The van der Waals surface area contributed by atoms with E-state index in [1.165, 1.54) is 12.8 Å². The largest absolute Gasteiger partial charge is 0.477 e. The normalized spacial score (nSPS) is 27.8. The Labute approximate surface area is 107 Å². The van der Waals surface area contributed by atoms with E-state index in [2.05, 4.69) is 24.1 Å². The monoisotopic (exact) mass is 248 g/mol. The fourth-order valence-electron chi connectivity index (χ4n) is 2.64. The molecular weight excluding hydrogens is 228 g/mol. The van der Waals surface area contributed by atoms with E-state index in [0.29, 0.717) is 12.0 Å². The van der Waals surface area contributed by atoms with Gasteiger partial charge in [-0.25, -0.2) is 9.78 Å². The SMILES string of the molecule is CC1CCCC(Nc2ccnc(C(=O)O)c2)C1C. The number of hydrogen-bond acceptors (Lipinski definition) is 3. The van der Waals surface area contributed by atoms with E-state index < -0.39 is 5.97 Å². The van der Waals surface area contributed by atoms with Crippen molar-refractivity contribution in [1.29, 1.82) is 0 Å². The number of rotatable bonds is 3. The minimum absolute atomic E-state index is 0.0940. The lowest BCUT2D eigenvalue weighted by Crippen LogP contribution is -2.35. The Balaban J connectivity index is 2.08. The average molecular weight is 248 g/mol. The highest BCUT2D eigenvalue weighted by Gasteiger charge is 2.26. The third-order valence-corrected chi connectivity index (χ3v) is 4.04. The second-order valence-corrected chi connectivity index (χ2v) is 5.25. The summed E-state index contributed by atoms with van der Waals surface area (Å²) in [6, 6.07) is 3.87. The van der Waals surface area contributed by atoms with Crippen LogP contribution in [0.3, 0.4) is 0 Å². The van der Waals surface area contributed by atoms with Gasteiger partial charge in [-0.3, -0.25) is 0 Å². The van der Waals surface area contributed by atoms with Crippen molar-refractivity contribution in [2.24, 2.45) is 11.8 Å². The molecule has 2 rings (SSSR count). The highest BCUT2D eigenvalue weighted by molar-refractivity contribution is 5.86. The third kappa shape index (κ3) is 2.81. The zero-order valence-electron chi connectivity index (χ0n) is 10.9. The van der Waals surface area contributed by atoms with Crippen LogP contribution in [0.5, 0.6) is 0 Å². The van der Waals surface area contributed by atoms with Crippen LogP contribution >= 0.6 is 0 Å². The van der Waals surface area contributed by atoms with E-state index in [0.717, 1.165) is 18.0 Å². The number of carboxylic acid groups (broad SMARTS) is 1. The lowest BCUT2D eigenvalue weighted by Gasteiger charge is -2.35. The molecule has 1 heterocycles. The average Bonchev–Trinajstić information content (AvgIpc) is 2.35. The molecule has 0 aromatic carbocycles. The quantitative estimate of drug-likeness (QED) is 0.863. The molecule has 0 aliphatic heterocycles. The Hall–Kier alpha value is -1.58. The predicted octanol–water partition coefficient (Wildman–Crippen LogP) is 3.02. The first-order chi connectivity index (χ1) is 8.58. The summed E-state index contributed by atoms with van der Waals surface area (Å²) in [5, 5.41) is 12.4. The minimum atomic E-state index is -0.983. The molecule has 4 heteroatoms. The van der Waals surface area contributed by atoms with Crippen molar-refractivity contribution >= 4 is 11.7 Å². The maximum Gasteiger partial charge on any atom is 0.354 e. The summed E-state index contributed by atoms with van der Waals surface area (Å²) in [5.41, 5.74) is 0.949. The molecule has 1 saturated carbocycles. The summed E-state index contributed by atoms with van der Waals surface area (Å²) in [7, 11) is 0. The van der Waals surface area contributed by atoms with Gasteiger partial charge in [0.15, 0.2) is 0 Å². The molecular formula is C14H20N2O2. The Morgan fingerprint density at radius 2 is 2.22 bits per heavy atom. The number of nitrogens with zero attached hydrogens (tertiary/aromatic N) is 1. The van der Waals surface area contributed by atoms with Gasteiger partial charge in [0.05, 0.1) is 0 Å². The first kappa shape index (κ1) is 12.9. The van der Waals surface area contributed by atoms with Gasteiger partial charge in [-0.05, 0) is 30.4 Å². The van der Waals surface area contributed by atoms with Gasteiger partial charge < -0.3 is 10.4 Å². The maximum absolute atomic E-state index is 10.9. The van der Waals surface area contributed by atoms with E-state index >= 15 is 0 Å². The topological polar surface area (TPSA) is 62.2 Å². The van der Waals surface area contributed by atoms with E-state index in [-0.39, 0.29) is 5.69 Å². The van der Waals surface area contributed by atoms with Crippen LogP contribution in [0, 0.1) is 11.8 Å². The Kier molecular flexibility index (Phi) is 3.84.